The Labute approximate surface area is 138 Å². The molecule has 0 saturated carbocycles. The Balaban J connectivity index is 2.61. The molecule has 0 radical (unpaired) electrons. The molecule has 2 rings (SSSR count). The third-order valence-corrected chi connectivity index (χ3v) is 4.20. The summed E-state index contributed by atoms with van der Waals surface area (Å²) in [7, 11) is 1.57. The van der Waals surface area contributed by atoms with Crippen molar-refractivity contribution in [2.24, 2.45) is 4.99 Å². The number of methoxy groups -OCH3 is 1. The summed E-state index contributed by atoms with van der Waals surface area (Å²) in [6, 6.07) is 5.59. The van der Waals surface area contributed by atoms with Crippen LogP contribution in [0.25, 0.3) is 10.2 Å². The van der Waals surface area contributed by atoms with E-state index in [1.165, 1.54) is 11.3 Å². The number of ether oxygens (including phenoxy) is 2. The summed E-state index contributed by atoms with van der Waals surface area (Å²) in [6.07, 6.45) is 1.11. The van der Waals surface area contributed by atoms with Crippen LogP contribution >= 0.6 is 11.3 Å². The van der Waals surface area contributed by atoms with Crippen molar-refractivity contribution in [1.82, 2.24) is 4.57 Å². The SMILES string of the molecule is CCCC(=O)N=c1sc2cccc(OC)c2n1CC(=O)OCC. The predicted octanol–water partition coefficient (Wildman–Crippen LogP) is 2.50. The van der Waals surface area contributed by atoms with Crippen LogP contribution in [0.1, 0.15) is 26.7 Å². The second-order valence-electron chi connectivity index (χ2n) is 4.84. The summed E-state index contributed by atoms with van der Waals surface area (Å²) in [5.74, 6) is 0.0607. The Morgan fingerprint density at radius 3 is 2.74 bits per heavy atom. The quantitative estimate of drug-likeness (QED) is 0.760. The molecule has 1 aromatic carbocycles. The van der Waals surface area contributed by atoms with Gasteiger partial charge < -0.3 is 14.0 Å². The van der Waals surface area contributed by atoms with Gasteiger partial charge in [0, 0.05) is 6.42 Å². The maximum absolute atomic E-state index is 11.9. The number of nitrogens with zero attached hydrogens (tertiary/aromatic N) is 2. The van der Waals surface area contributed by atoms with E-state index in [2.05, 4.69) is 4.99 Å². The second-order valence-corrected chi connectivity index (χ2v) is 5.85. The lowest BCUT2D eigenvalue weighted by Gasteiger charge is -2.08. The number of carbonyl (C=O) groups is 2. The first kappa shape index (κ1) is 17.2. The zero-order valence-electron chi connectivity index (χ0n) is 13.5. The number of aromatic nitrogens is 1. The summed E-state index contributed by atoms with van der Waals surface area (Å²) >= 11 is 1.36. The maximum atomic E-state index is 11.9. The number of rotatable bonds is 6. The summed E-state index contributed by atoms with van der Waals surface area (Å²) in [6.45, 7) is 3.98. The van der Waals surface area contributed by atoms with Crippen molar-refractivity contribution in [2.45, 2.75) is 33.2 Å². The Hall–Kier alpha value is -2.15. The van der Waals surface area contributed by atoms with Gasteiger partial charge in [-0.25, -0.2) is 0 Å². The first-order chi connectivity index (χ1) is 11.1. The zero-order valence-corrected chi connectivity index (χ0v) is 14.3. The second kappa shape index (κ2) is 7.92. The topological polar surface area (TPSA) is 69.9 Å². The van der Waals surface area contributed by atoms with E-state index in [-0.39, 0.29) is 18.4 Å². The average Bonchev–Trinajstić information content (AvgIpc) is 2.85. The van der Waals surface area contributed by atoms with Gasteiger partial charge >= 0.3 is 5.97 Å². The van der Waals surface area contributed by atoms with Crippen LogP contribution in [0.2, 0.25) is 0 Å². The van der Waals surface area contributed by atoms with Gasteiger partial charge in [-0.1, -0.05) is 24.3 Å². The monoisotopic (exact) mass is 336 g/mol. The number of hydrogen-bond donors (Lipinski definition) is 0. The number of thiazole rings is 1. The molecule has 0 aliphatic carbocycles. The Kier molecular flexibility index (Phi) is 5.92. The van der Waals surface area contributed by atoms with E-state index in [1.54, 1.807) is 18.6 Å². The van der Waals surface area contributed by atoms with Gasteiger partial charge in [0.2, 0.25) is 5.91 Å². The first-order valence-electron chi connectivity index (χ1n) is 7.50. The van der Waals surface area contributed by atoms with Crippen molar-refractivity contribution in [2.75, 3.05) is 13.7 Å². The Morgan fingerprint density at radius 2 is 2.09 bits per heavy atom. The van der Waals surface area contributed by atoms with Crippen LogP contribution in [0.5, 0.6) is 5.75 Å². The van der Waals surface area contributed by atoms with Gasteiger partial charge in [-0.05, 0) is 25.5 Å². The highest BCUT2D eigenvalue weighted by Crippen LogP contribution is 2.27. The smallest absolute Gasteiger partial charge is 0.326 e. The fourth-order valence-corrected chi connectivity index (χ4v) is 3.27. The summed E-state index contributed by atoms with van der Waals surface area (Å²) < 4.78 is 13.0. The molecule has 6 nitrogen and oxygen atoms in total. The minimum atomic E-state index is -0.373. The van der Waals surface area contributed by atoms with E-state index in [1.807, 2.05) is 25.1 Å². The molecular weight excluding hydrogens is 316 g/mol. The molecule has 1 aromatic heterocycles. The molecule has 7 heteroatoms. The van der Waals surface area contributed by atoms with Crippen LogP contribution in [0.15, 0.2) is 23.2 Å². The lowest BCUT2D eigenvalue weighted by Crippen LogP contribution is -2.23. The van der Waals surface area contributed by atoms with E-state index >= 15 is 0 Å². The van der Waals surface area contributed by atoms with Crippen LogP contribution in [0.3, 0.4) is 0 Å². The number of hydrogen-bond acceptors (Lipinski definition) is 5. The van der Waals surface area contributed by atoms with Gasteiger partial charge in [0.15, 0.2) is 4.80 Å². The molecular formula is C16H20N2O4S. The van der Waals surface area contributed by atoms with Gasteiger partial charge in [0.1, 0.15) is 17.8 Å². The number of fused-ring (bicyclic) bond motifs is 1. The largest absolute Gasteiger partial charge is 0.495 e. The van der Waals surface area contributed by atoms with Crippen LogP contribution in [-0.2, 0) is 20.9 Å². The molecule has 2 aromatic rings. The molecule has 0 saturated heterocycles. The molecule has 0 aliphatic heterocycles. The fourth-order valence-electron chi connectivity index (χ4n) is 2.21. The highest BCUT2D eigenvalue weighted by molar-refractivity contribution is 7.16. The molecule has 1 heterocycles. The van der Waals surface area contributed by atoms with Crippen molar-refractivity contribution in [3.8, 4) is 5.75 Å². The Morgan fingerprint density at radius 1 is 1.30 bits per heavy atom. The predicted molar refractivity (Wildman–Crippen MR) is 88.5 cm³/mol. The van der Waals surface area contributed by atoms with Crippen LogP contribution in [0.4, 0.5) is 0 Å². The van der Waals surface area contributed by atoms with Crippen molar-refractivity contribution < 1.29 is 19.1 Å². The fraction of sp³-hybridized carbons (Fsp3) is 0.438. The standard InChI is InChI=1S/C16H20N2O4S/c1-4-7-13(19)17-16-18(10-14(20)22-5-2)15-11(21-3)8-6-9-12(15)23-16/h6,8-9H,4-5,7,10H2,1-3H3. The van der Waals surface area contributed by atoms with Crippen molar-refractivity contribution in [3.05, 3.63) is 23.0 Å². The highest BCUT2D eigenvalue weighted by Gasteiger charge is 2.15. The minimum Gasteiger partial charge on any atom is -0.495 e. The summed E-state index contributed by atoms with van der Waals surface area (Å²) in [5, 5.41) is 0. The Bertz CT molecular complexity index is 776. The summed E-state index contributed by atoms with van der Waals surface area (Å²) in [4.78, 5) is 28.4. The zero-order chi connectivity index (χ0) is 16.8. The van der Waals surface area contributed by atoms with Crippen molar-refractivity contribution in [3.63, 3.8) is 0 Å². The highest BCUT2D eigenvalue weighted by atomic mass is 32.1. The molecule has 1 amide bonds. The average molecular weight is 336 g/mol. The lowest BCUT2D eigenvalue weighted by molar-refractivity contribution is -0.143. The number of para-hydroxylation sites is 1. The molecule has 0 unspecified atom stereocenters. The van der Waals surface area contributed by atoms with E-state index in [9.17, 15) is 9.59 Å². The van der Waals surface area contributed by atoms with Crippen LogP contribution < -0.4 is 9.54 Å². The van der Waals surface area contributed by atoms with Crippen LogP contribution in [0, 0.1) is 0 Å². The number of carbonyl (C=O) groups excluding carboxylic acids is 2. The molecule has 0 fully saturated rings. The molecule has 0 aliphatic rings. The van der Waals surface area contributed by atoms with Gasteiger partial charge in [0.05, 0.1) is 18.4 Å². The lowest BCUT2D eigenvalue weighted by atomic mass is 10.3. The third-order valence-electron chi connectivity index (χ3n) is 3.16. The number of benzene rings is 1. The molecule has 23 heavy (non-hydrogen) atoms. The molecule has 0 N–H and O–H groups in total. The first-order valence-corrected chi connectivity index (χ1v) is 8.31. The number of amides is 1. The molecule has 124 valence electrons. The van der Waals surface area contributed by atoms with E-state index in [0.717, 1.165) is 16.6 Å². The van der Waals surface area contributed by atoms with Gasteiger partial charge in [0.25, 0.3) is 0 Å². The van der Waals surface area contributed by atoms with E-state index in [0.29, 0.717) is 23.6 Å². The van der Waals surface area contributed by atoms with Gasteiger partial charge in [-0.2, -0.15) is 4.99 Å². The van der Waals surface area contributed by atoms with Gasteiger partial charge in [-0.15, -0.1) is 0 Å². The van der Waals surface area contributed by atoms with Crippen LogP contribution in [-0.4, -0.2) is 30.2 Å². The summed E-state index contributed by atoms with van der Waals surface area (Å²) in [5.41, 5.74) is 0.746. The minimum absolute atomic E-state index is 0.00749. The third kappa shape index (κ3) is 3.98. The number of esters is 1. The molecule has 0 atom stereocenters. The van der Waals surface area contributed by atoms with Crippen molar-refractivity contribution >= 4 is 33.4 Å². The maximum Gasteiger partial charge on any atom is 0.326 e. The van der Waals surface area contributed by atoms with Crippen molar-refractivity contribution in [1.29, 1.82) is 0 Å². The van der Waals surface area contributed by atoms with Gasteiger partial charge in [-0.3, -0.25) is 9.59 Å². The van der Waals surface area contributed by atoms with E-state index in [4.69, 9.17) is 9.47 Å². The normalized spacial score (nSPS) is 11.7. The molecule has 0 spiro atoms. The molecule has 0 bridgehead atoms. The van der Waals surface area contributed by atoms with E-state index < -0.39 is 0 Å².